The van der Waals surface area contributed by atoms with Gasteiger partial charge in [-0.1, -0.05) is 57.8 Å². The lowest BCUT2D eigenvalue weighted by atomic mass is 9.39. The number of hydrogen-bond donors (Lipinski definition) is 0. The van der Waals surface area contributed by atoms with Crippen LogP contribution in [0.1, 0.15) is 27.7 Å². The molecule has 0 radical (unpaired) electrons. The van der Waals surface area contributed by atoms with Gasteiger partial charge in [0.2, 0.25) is 0 Å². The van der Waals surface area contributed by atoms with E-state index in [1.54, 1.807) is 0 Å². The van der Waals surface area contributed by atoms with Crippen molar-refractivity contribution in [2.24, 2.45) is 5.92 Å². The Morgan fingerprint density at radius 1 is 1.27 bits per heavy atom. The van der Waals surface area contributed by atoms with Crippen molar-refractivity contribution < 1.29 is 0 Å². The summed E-state index contributed by atoms with van der Waals surface area (Å²) < 4.78 is 0. The van der Waals surface area contributed by atoms with Crippen LogP contribution >= 0.6 is 0 Å². The second-order valence-corrected chi connectivity index (χ2v) is 3.89. The van der Waals surface area contributed by atoms with Crippen molar-refractivity contribution in [2.45, 2.75) is 46.7 Å². The molecule has 0 bridgehead atoms. The predicted molar refractivity (Wildman–Crippen MR) is 55.5 cm³/mol. The zero-order valence-corrected chi connectivity index (χ0v) is 8.59. The molecular formula is C10H21B. The SMILES string of the molecule is CC=CCB(C)C(C)C(C)C. The minimum Gasteiger partial charge on any atom is -0.0960 e. The van der Waals surface area contributed by atoms with E-state index in [1.807, 2.05) is 0 Å². The van der Waals surface area contributed by atoms with Crippen LogP contribution in [-0.4, -0.2) is 6.71 Å². The normalized spacial score (nSPS) is 14.4. The summed E-state index contributed by atoms with van der Waals surface area (Å²) in [5, 5.41) is 0. The van der Waals surface area contributed by atoms with Crippen molar-refractivity contribution in [1.29, 1.82) is 0 Å². The summed E-state index contributed by atoms with van der Waals surface area (Å²) in [6.45, 7) is 12.2. The molecule has 0 nitrogen and oxygen atoms in total. The Kier molecular flexibility index (Phi) is 5.36. The summed E-state index contributed by atoms with van der Waals surface area (Å²) in [6.07, 6.45) is 5.64. The highest BCUT2D eigenvalue weighted by Gasteiger charge is 2.17. The fourth-order valence-electron chi connectivity index (χ4n) is 1.22. The topological polar surface area (TPSA) is 0 Å². The molecule has 64 valence electrons. The number of rotatable bonds is 4. The molecule has 11 heavy (non-hydrogen) atoms. The fraction of sp³-hybridized carbons (Fsp3) is 0.800. The molecule has 0 N–H and O–H groups in total. The van der Waals surface area contributed by atoms with Crippen LogP contribution in [0.25, 0.3) is 0 Å². The van der Waals surface area contributed by atoms with E-state index < -0.39 is 0 Å². The molecule has 1 heteroatoms. The molecule has 0 aromatic carbocycles. The lowest BCUT2D eigenvalue weighted by Gasteiger charge is -2.19. The molecule has 0 aromatic heterocycles. The van der Waals surface area contributed by atoms with E-state index in [2.05, 4.69) is 46.7 Å². The van der Waals surface area contributed by atoms with Gasteiger partial charge in [0, 0.05) is 0 Å². The van der Waals surface area contributed by atoms with Gasteiger partial charge in [-0.05, 0) is 6.92 Å². The van der Waals surface area contributed by atoms with Gasteiger partial charge in [-0.15, -0.1) is 0 Å². The maximum atomic E-state index is 2.35. The summed E-state index contributed by atoms with van der Waals surface area (Å²) in [6, 6.07) is 0. The Bertz CT molecular complexity index is 116. The van der Waals surface area contributed by atoms with Gasteiger partial charge in [-0.3, -0.25) is 0 Å². The standard InChI is InChI=1S/C10H21B/c1-6-7-8-11(5)10(4)9(2)3/h6-7,9-10H,8H2,1-5H3. The smallest absolute Gasteiger partial charge is 0.0960 e. The van der Waals surface area contributed by atoms with Crippen molar-refractivity contribution in [3.8, 4) is 0 Å². The molecule has 0 heterocycles. The van der Waals surface area contributed by atoms with E-state index >= 15 is 0 Å². The third kappa shape index (κ3) is 4.29. The third-order valence-corrected chi connectivity index (χ3v) is 2.69. The van der Waals surface area contributed by atoms with E-state index in [0.29, 0.717) is 0 Å². The Morgan fingerprint density at radius 3 is 2.18 bits per heavy atom. The van der Waals surface area contributed by atoms with Crippen molar-refractivity contribution in [3.63, 3.8) is 0 Å². The molecule has 0 spiro atoms. The van der Waals surface area contributed by atoms with E-state index in [1.165, 1.54) is 6.32 Å². The van der Waals surface area contributed by atoms with Gasteiger partial charge < -0.3 is 0 Å². The summed E-state index contributed by atoms with van der Waals surface area (Å²) >= 11 is 0. The van der Waals surface area contributed by atoms with Crippen molar-refractivity contribution >= 4 is 6.71 Å². The molecule has 0 aliphatic rings. The van der Waals surface area contributed by atoms with Crippen molar-refractivity contribution in [3.05, 3.63) is 12.2 Å². The first-order chi connectivity index (χ1) is 5.09. The maximum absolute atomic E-state index is 2.35. The Balaban J connectivity index is 3.72. The number of hydrogen-bond acceptors (Lipinski definition) is 0. The minimum atomic E-state index is 0.815. The van der Waals surface area contributed by atoms with Crippen LogP contribution in [0.15, 0.2) is 12.2 Å². The van der Waals surface area contributed by atoms with Gasteiger partial charge in [0.25, 0.3) is 0 Å². The molecule has 0 saturated heterocycles. The molecular weight excluding hydrogens is 131 g/mol. The van der Waals surface area contributed by atoms with Crippen molar-refractivity contribution in [2.75, 3.05) is 0 Å². The molecule has 1 unspecified atom stereocenters. The average molecular weight is 152 g/mol. The van der Waals surface area contributed by atoms with Crippen LogP contribution < -0.4 is 0 Å². The van der Waals surface area contributed by atoms with Gasteiger partial charge in [0.05, 0.1) is 0 Å². The average Bonchev–Trinajstić information content (AvgIpc) is 1.98. The van der Waals surface area contributed by atoms with Crippen LogP contribution in [-0.2, 0) is 0 Å². The third-order valence-electron chi connectivity index (χ3n) is 2.69. The Morgan fingerprint density at radius 2 is 1.82 bits per heavy atom. The first-order valence-corrected chi connectivity index (χ1v) is 4.70. The highest BCUT2D eigenvalue weighted by Crippen LogP contribution is 2.22. The second kappa shape index (κ2) is 5.45. The fourth-order valence-corrected chi connectivity index (χ4v) is 1.22. The van der Waals surface area contributed by atoms with E-state index in [4.69, 9.17) is 0 Å². The van der Waals surface area contributed by atoms with Gasteiger partial charge in [-0.2, -0.15) is 0 Å². The van der Waals surface area contributed by atoms with Crippen LogP contribution in [0.5, 0.6) is 0 Å². The highest BCUT2D eigenvalue weighted by molar-refractivity contribution is 6.59. The van der Waals surface area contributed by atoms with E-state index in [9.17, 15) is 0 Å². The molecule has 0 aliphatic carbocycles. The Hall–Kier alpha value is -0.195. The summed E-state index contributed by atoms with van der Waals surface area (Å²) in [5.74, 6) is 1.65. The van der Waals surface area contributed by atoms with Gasteiger partial charge in [0.1, 0.15) is 6.71 Å². The van der Waals surface area contributed by atoms with Crippen LogP contribution in [0.3, 0.4) is 0 Å². The highest BCUT2D eigenvalue weighted by atomic mass is 14.0. The first-order valence-electron chi connectivity index (χ1n) is 4.70. The lowest BCUT2D eigenvalue weighted by Crippen LogP contribution is -2.17. The van der Waals surface area contributed by atoms with E-state index in [-0.39, 0.29) is 0 Å². The second-order valence-electron chi connectivity index (χ2n) is 3.89. The van der Waals surface area contributed by atoms with Gasteiger partial charge in [0.15, 0.2) is 0 Å². The largest absolute Gasteiger partial charge is 0.143 e. The molecule has 0 amide bonds. The molecule has 0 fully saturated rings. The molecule has 0 saturated carbocycles. The monoisotopic (exact) mass is 152 g/mol. The van der Waals surface area contributed by atoms with Crippen molar-refractivity contribution in [1.82, 2.24) is 0 Å². The molecule has 0 aliphatic heterocycles. The lowest BCUT2D eigenvalue weighted by molar-refractivity contribution is 0.612. The molecule has 0 rings (SSSR count). The summed E-state index contributed by atoms with van der Waals surface area (Å²) in [4.78, 5) is 0. The molecule has 1 atom stereocenters. The summed E-state index contributed by atoms with van der Waals surface area (Å²) in [7, 11) is 0. The Labute approximate surface area is 72.2 Å². The first kappa shape index (κ1) is 10.8. The molecule has 0 aromatic rings. The van der Waals surface area contributed by atoms with Crippen LogP contribution in [0, 0.1) is 5.92 Å². The van der Waals surface area contributed by atoms with Crippen LogP contribution in [0.2, 0.25) is 19.0 Å². The number of allylic oxidation sites excluding steroid dienone is 2. The zero-order valence-electron chi connectivity index (χ0n) is 8.59. The van der Waals surface area contributed by atoms with Crippen LogP contribution in [0.4, 0.5) is 0 Å². The zero-order chi connectivity index (χ0) is 8.85. The predicted octanol–water partition coefficient (Wildman–Crippen LogP) is 3.73. The minimum absolute atomic E-state index is 0.815. The quantitative estimate of drug-likeness (QED) is 0.425. The van der Waals surface area contributed by atoms with E-state index in [0.717, 1.165) is 18.4 Å². The van der Waals surface area contributed by atoms with Gasteiger partial charge in [-0.25, -0.2) is 0 Å². The summed E-state index contributed by atoms with van der Waals surface area (Å²) in [5.41, 5.74) is 0. The maximum Gasteiger partial charge on any atom is 0.143 e. The van der Waals surface area contributed by atoms with Gasteiger partial charge >= 0.3 is 0 Å².